The fraction of sp³-hybridized carbons (Fsp3) is 0.421. The van der Waals surface area contributed by atoms with Crippen LogP contribution in [-0.4, -0.2) is 52.6 Å². The van der Waals surface area contributed by atoms with Crippen LogP contribution >= 0.6 is 0 Å². The lowest BCUT2D eigenvalue weighted by Crippen LogP contribution is -2.54. The van der Waals surface area contributed by atoms with Gasteiger partial charge in [-0.05, 0) is 30.7 Å². The van der Waals surface area contributed by atoms with E-state index in [0.29, 0.717) is 37.6 Å². The van der Waals surface area contributed by atoms with E-state index in [1.165, 1.54) is 5.69 Å². The molecule has 0 aliphatic carbocycles. The second kappa shape index (κ2) is 7.39. The number of aromatic nitrogens is 2. The molecule has 2 saturated heterocycles. The Morgan fingerprint density at radius 2 is 2.04 bits per heavy atom. The van der Waals surface area contributed by atoms with E-state index < -0.39 is 0 Å². The van der Waals surface area contributed by atoms with Gasteiger partial charge < -0.3 is 14.4 Å². The minimum atomic E-state index is -0.221. The fourth-order valence-corrected chi connectivity index (χ4v) is 3.84. The Bertz CT molecular complexity index is 863. The lowest BCUT2D eigenvalue weighted by atomic mass is 10.1. The van der Waals surface area contributed by atoms with Crippen LogP contribution in [0.3, 0.4) is 0 Å². The van der Waals surface area contributed by atoms with Gasteiger partial charge >= 0.3 is 0 Å². The Balaban J connectivity index is 1.35. The van der Waals surface area contributed by atoms with Crippen molar-refractivity contribution in [1.29, 1.82) is 5.26 Å². The number of aryl methyl sites for hydroxylation is 1. The zero-order valence-corrected chi connectivity index (χ0v) is 15.3. The number of hydrogen-bond acceptors (Lipinski definition) is 6. The quantitative estimate of drug-likeness (QED) is 0.826. The molecule has 0 saturated carbocycles. The van der Waals surface area contributed by atoms with Crippen molar-refractivity contribution < 1.29 is 4.79 Å². The Kier molecular flexibility index (Phi) is 4.79. The number of pyridine rings is 1. The van der Waals surface area contributed by atoms with Crippen molar-refractivity contribution in [3.05, 3.63) is 47.9 Å². The number of nitrogens with one attached hydrogen (secondary N) is 2. The number of hydrogen-bond donors (Lipinski definition) is 2. The van der Waals surface area contributed by atoms with E-state index in [1.807, 2.05) is 24.2 Å². The largest absolute Gasteiger partial charge is 0.353 e. The third kappa shape index (κ3) is 3.39. The molecule has 2 unspecified atom stereocenters. The molecule has 0 radical (unpaired) electrons. The van der Waals surface area contributed by atoms with Crippen LogP contribution in [0.15, 0.2) is 36.7 Å². The van der Waals surface area contributed by atoms with Gasteiger partial charge in [0, 0.05) is 51.3 Å². The van der Waals surface area contributed by atoms with Crippen molar-refractivity contribution >= 4 is 11.7 Å². The third-order valence-corrected chi connectivity index (χ3v) is 5.34. The SMILES string of the molecule is Cn1cccc1C1CC(C(=O)N2CCN(c3ncccc3C#N)CC2)NN1. The van der Waals surface area contributed by atoms with Crippen LogP contribution in [0, 0.1) is 11.3 Å². The smallest absolute Gasteiger partial charge is 0.241 e. The number of carbonyl (C=O) groups is 1. The predicted molar refractivity (Wildman–Crippen MR) is 101 cm³/mol. The molecule has 0 bridgehead atoms. The molecule has 140 valence electrons. The molecule has 2 atom stereocenters. The van der Waals surface area contributed by atoms with Gasteiger partial charge in [0.15, 0.2) is 0 Å². The zero-order valence-electron chi connectivity index (χ0n) is 15.3. The average molecular weight is 365 g/mol. The maximum absolute atomic E-state index is 12.9. The molecule has 1 amide bonds. The van der Waals surface area contributed by atoms with Crippen LogP contribution in [0.5, 0.6) is 0 Å². The summed E-state index contributed by atoms with van der Waals surface area (Å²) < 4.78 is 2.07. The van der Waals surface area contributed by atoms with Crippen molar-refractivity contribution in [3.63, 3.8) is 0 Å². The minimum Gasteiger partial charge on any atom is -0.353 e. The van der Waals surface area contributed by atoms with Crippen molar-refractivity contribution in [2.24, 2.45) is 7.05 Å². The van der Waals surface area contributed by atoms with Crippen LogP contribution < -0.4 is 15.8 Å². The maximum atomic E-state index is 12.9. The third-order valence-electron chi connectivity index (χ3n) is 5.34. The standard InChI is InChI=1S/C19H23N7O/c1-24-7-3-5-17(24)15-12-16(23-22-15)19(27)26-10-8-25(9-11-26)18-14(13-20)4-2-6-21-18/h2-7,15-16,22-23H,8-12H2,1H3. The van der Waals surface area contributed by atoms with Crippen molar-refractivity contribution in [2.45, 2.75) is 18.5 Å². The Morgan fingerprint density at radius 1 is 1.22 bits per heavy atom. The molecule has 2 aromatic rings. The number of nitrogens with zero attached hydrogens (tertiary/aromatic N) is 5. The number of piperazine rings is 1. The van der Waals surface area contributed by atoms with E-state index in [2.05, 4.69) is 37.4 Å². The van der Waals surface area contributed by atoms with Gasteiger partial charge in [0.1, 0.15) is 17.9 Å². The van der Waals surface area contributed by atoms with Gasteiger partial charge in [-0.1, -0.05) is 0 Å². The normalized spacial score (nSPS) is 22.7. The molecule has 8 nitrogen and oxygen atoms in total. The summed E-state index contributed by atoms with van der Waals surface area (Å²) >= 11 is 0. The van der Waals surface area contributed by atoms with Crippen molar-refractivity contribution in [2.75, 3.05) is 31.1 Å². The summed E-state index contributed by atoms with van der Waals surface area (Å²) in [6, 6.07) is 9.73. The van der Waals surface area contributed by atoms with Gasteiger partial charge in [-0.15, -0.1) is 0 Å². The first-order valence-electron chi connectivity index (χ1n) is 9.18. The molecular formula is C19H23N7O. The van der Waals surface area contributed by atoms with Gasteiger partial charge in [0.2, 0.25) is 5.91 Å². The molecule has 0 spiro atoms. The molecule has 2 fully saturated rings. The lowest BCUT2D eigenvalue weighted by molar-refractivity contribution is -0.133. The highest BCUT2D eigenvalue weighted by Crippen LogP contribution is 2.24. The van der Waals surface area contributed by atoms with Gasteiger partial charge in [0.05, 0.1) is 11.6 Å². The second-order valence-electron chi connectivity index (χ2n) is 6.97. The highest BCUT2D eigenvalue weighted by Gasteiger charge is 2.35. The second-order valence-corrected chi connectivity index (χ2v) is 6.97. The fourth-order valence-electron chi connectivity index (χ4n) is 3.84. The van der Waals surface area contributed by atoms with Crippen LogP contribution in [0.2, 0.25) is 0 Å². The van der Waals surface area contributed by atoms with Gasteiger partial charge in [-0.25, -0.2) is 15.8 Å². The van der Waals surface area contributed by atoms with Crippen molar-refractivity contribution in [3.8, 4) is 6.07 Å². The highest BCUT2D eigenvalue weighted by atomic mass is 16.2. The number of rotatable bonds is 3. The number of hydrazine groups is 1. The molecule has 4 rings (SSSR count). The van der Waals surface area contributed by atoms with E-state index in [0.717, 1.165) is 6.42 Å². The monoisotopic (exact) mass is 365 g/mol. The van der Waals surface area contributed by atoms with Crippen LogP contribution in [0.1, 0.15) is 23.7 Å². The number of carbonyl (C=O) groups excluding carboxylic acids is 1. The Hall–Kier alpha value is -2.89. The van der Waals surface area contributed by atoms with Crippen LogP contribution in [0.25, 0.3) is 0 Å². The molecule has 8 heteroatoms. The van der Waals surface area contributed by atoms with E-state index in [-0.39, 0.29) is 18.0 Å². The number of amides is 1. The Morgan fingerprint density at radius 3 is 2.74 bits per heavy atom. The van der Waals surface area contributed by atoms with E-state index >= 15 is 0 Å². The number of anilines is 1. The first-order chi connectivity index (χ1) is 13.2. The highest BCUT2D eigenvalue weighted by molar-refractivity contribution is 5.82. The van der Waals surface area contributed by atoms with Crippen molar-refractivity contribution in [1.82, 2.24) is 25.3 Å². The summed E-state index contributed by atoms with van der Waals surface area (Å²) in [5.74, 6) is 0.830. The van der Waals surface area contributed by atoms with Crippen LogP contribution in [-0.2, 0) is 11.8 Å². The summed E-state index contributed by atoms with van der Waals surface area (Å²) in [5.41, 5.74) is 8.14. The van der Waals surface area contributed by atoms with Gasteiger partial charge in [0.25, 0.3) is 0 Å². The van der Waals surface area contributed by atoms with Crippen LogP contribution in [0.4, 0.5) is 5.82 Å². The number of nitriles is 1. The van der Waals surface area contributed by atoms with E-state index in [4.69, 9.17) is 0 Å². The summed E-state index contributed by atoms with van der Waals surface area (Å²) in [7, 11) is 2.01. The first-order valence-corrected chi connectivity index (χ1v) is 9.18. The molecule has 2 N–H and O–H groups in total. The predicted octanol–water partition coefficient (Wildman–Crippen LogP) is 0.548. The molecule has 4 heterocycles. The average Bonchev–Trinajstić information content (AvgIpc) is 3.36. The summed E-state index contributed by atoms with van der Waals surface area (Å²) in [5, 5.41) is 9.26. The molecule has 2 aliphatic heterocycles. The zero-order chi connectivity index (χ0) is 18.8. The topological polar surface area (TPSA) is 89.2 Å². The maximum Gasteiger partial charge on any atom is 0.241 e. The minimum absolute atomic E-state index is 0.125. The van der Waals surface area contributed by atoms with E-state index in [1.54, 1.807) is 18.3 Å². The first kappa shape index (κ1) is 17.5. The molecule has 27 heavy (non-hydrogen) atoms. The van der Waals surface area contributed by atoms with Gasteiger partial charge in [-0.3, -0.25) is 4.79 Å². The summed E-state index contributed by atoms with van der Waals surface area (Å²) in [6.45, 7) is 2.62. The summed E-state index contributed by atoms with van der Waals surface area (Å²) in [4.78, 5) is 21.2. The summed E-state index contributed by atoms with van der Waals surface area (Å²) in [6.07, 6.45) is 4.44. The Labute approximate surface area is 158 Å². The molecule has 2 aliphatic rings. The van der Waals surface area contributed by atoms with E-state index in [9.17, 15) is 10.1 Å². The molecule has 2 aromatic heterocycles. The lowest BCUT2D eigenvalue weighted by Gasteiger charge is -2.36. The molecule has 0 aromatic carbocycles. The van der Waals surface area contributed by atoms with Gasteiger partial charge in [-0.2, -0.15) is 5.26 Å². The molecular weight excluding hydrogens is 342 g/mol.